The lowest BCUT2D eigenvalue weighted by molar-refractivity contribution is 0.763. The van der Waals surface area contributed by atoms with Crippen molar-refractivity contribution in [2.24, 2.45) is 0 Å². The average Bonchev–Trinajstić information content (AvgIpc) is 3.13. The second kappa shape index (κ2) is 11.6. The van der Waals surface area contributed by atoms with Gasteiger partial charge in [0.1, 0.15) is 0 Å². The lowest BCUT2D eigenvalue weighted by Gasteiger charge is -2.70. The zero-order valence-electron chi connectivity index (χ0n) is 35.3. The zero-order valence-corrected chi connectivity index (χ0v) is 46.8. The molecule has 0 bridgehead atoms. The molecule has 0 nitrogen and oxygen atoms in total. The summed E-state index contributed by atoms with van der Waals surface area (Å²) in [4.78, 5) is 0. The first kappa shape index (κ1) is 43.9. The molecule has 45 heavy (non-hydrogen) atoms. The molecule has 0 radical (unpaired) electrons. The first-order chi connectivity index (χ1) is 19.1. The molecule has 0 aliphatic carbocycles. The number of hydrogen-bond donors (Lipinski definition) is 0. The molecule has 2 aliphatic heterocycles. The Balaban J connectivity index is 3.52. The summed E-state index contributed by atoms with van der Waals surface area (Å²) in [5.74, 6) is 0. The van der Waals surface area contributed by atoms with Crippen LogP contribution < -0.4 is 0 Å². The minimum absolute atomic E-state index is 0.405. The van der Waals surface area contributed by atoms with Crippen LogP contribution in [0.5, 0.6) is 0 Å². The molecule has 0 saturated carbocycles. The summed E-state index contributed by atoms with van der Waals surface area (Å²) in [6.45, 7) is 66.8. The van der Waals surface area contributed by atoms with Crippen LogP contribution in [-0.4, -0.2) is 79.4 Å². The second-order valence-corrected chi connectivity index (χ2v) is 85.1. The van der Waals surface area contributed by atoms with Crippen LogP contribution in [0.25, 0.3) is 0 Å². The van der Waals surface area contributed by atoms with Crippen molar-refractivity contribution >= 4 is 102 Å². The van der Waals surface area contributed by atoms with Crippen LogP contribution in [-0.2, 0) is 0 Å². The minimum atomic E-state index is -2.58. The van der Waals surface area contributed by atoms with Gasteiger partial charge in [0.25, 0.3) is 0 Å². The molecule has 12 heteroatoms. The van der Waals surface area contributed by atoms with Crippen molar-refractivity contribution in [1.29, 1.82) is 0 Å². The van der Waals surface area contributed by atoms with Crippen LogP contribution in [0.1, 0.15) is 25.7 Å². The molecule has 0 N–H and O–H groups in total. The highest BCUT2D eigenvalue weighted by Crippen LogP contribution is 2.84. The fraction of sp³-hybridized carbons (Fsp3) is 1.00. The fourth-order valence-electron chi connectivity index (χ4n) is 15.5. The van der Waals surface area contributed by atoms with Crippen molar-refractivity contribution in [3.05, 3.63) is 0 Å². The summed E-state index contributed by atoms with van der Waals surface area (Å²) in [5, 5.41) is 0. The molecule has 0 aromatic rings. The van der Waals surface area contributed by atoms with Crippen LogP contribution in [0, 0.1) is 0 Å². The van der Waals surface area contributed by atoms with E-state index >= 15 is 0 Å². The normalized spacial score (nSPS) is 25.5. The van der Waals surface area contributed by atoms with Gasteiger partial charge in [-0.25, -0.2) is 0 Å². The third kappa shape index (κ3) is 5.48. The Morgan fingerprint density at radius 1 is 0.311 bits per heavy atom. The van der Waals surface area contributed by atoms with Gasteiger partial charge in [-0.3, -0.25) is 0 Å². The van der Waals surface area contributed by atoms with Gasteiger partial charge in [-0.15, -0.1) is 0 Å². The fourth-order valence-corrected chi connectivity index (χ4v) is 148. The summed E-state index contributed by atoms with van der Waals surface area (Å²) in [6.07, 6.45) is 5.74. The molecule has 0 spiro atoms. The van der Waals surface area contributed by atoms with Crippen molar-refractivity contribution in [3.8, 4) is 0 Å². The standard InChI is InChI=1S/C33H82Cl2Si10/c1-36(2,3)30(37(4,5)6)25-26-31(38(7,8)9,39(10,11)12)44(30,34)29-45(35)32(40(13,14)15,41(16,17)18)27-28-33(45,42(19,20)21)43(22,23)24/h25-29H2,1-24H3. The Kier molecular flexibility index (Phi) is 11.3. The second-order valence-electron chi connectivity index (χ2n) is 24.4. The Morgan fingerprint density at radius 3 is 0.511 bits per heavy atom. The predicted molar refractivity (Wildman–Crippen MR) is 244 cm³/mol. The average molecular weight is 831 g/mol. The molecular weight excluding hydrogens is 748 g/mol. The van der Waals surface area contributed by atoms with E-state index in [1.807, 2.05) is 0 Å². The van der Waals surface area contributed by atoms with Crippen LogP contribution in [0.2, 0.25) is 180 Å². The van der Waals surface area contributed by atoms with Crippen LogP contribution >= 0.6 is 22.2 Å². The van der Waals surface area contributed by atoms with Crippen molar-refractivity contribution in [2.75, 3.05) is 0 Å². The number of rotatable bonds is 10. The Morgan fingerprint density at radius 2 is 0.422 bits per heavy atom. The van der Waals surface area contributed by atoms with Gasteiger partial charge < -0.3 is 0 Å². The first-order valence-corrected chi connectivity index (χ1v) is 52.9. The highest BCUT2D eigenvalue weighted by atomic mass is 35.6. The molecule has 2 saturated heterocycles. The predicted octanol–water partition coefficient (Wildman–Crippen LogP) is 14.5. The number of halogens is 2. The summed E-state index contributed by atoms with van der Waals surface area (Å²) in [6, 6.07) is 0. The highest BCUT2D eigenvalue weighted by Gasteiger charge is 2.87. The zero-order chi connectivity index (χ0) is 36.5. The van der Waals surface area contributed by atoms with Crippen molar-refractivity contribution in [2.45, 2.75) is 206 Å². The maximum absolute atomic E-state index is 9.57. The maximum Gasteiger partial charge on any atom is 0.157 e. The minimum Gasteiger partial charge on any atom is -0.167 e. The summed E-state index contributed by atoms with van der Waals surface area (Å²) in [7, 11) is -19.0. The maximum atomic E-state index is 9.57. The number of hydrogen-bond acceptors (Lipinski definition) is 0. The van der Waals surface area contributed by atoms with Gasteiger partial charge in [-0.2, -0.15) is 22.2 Å². The molecule has 2 aliphatic rings. The third-order valence-electron chi connectivity index (χ3n) is 15.2. The van der Waals surface area contributed by atoms with Crippen molar-refractivity contribution in [1.82, 2.24) is 0 Å². The molecule has 0 aromatic carbocycles. The van der Waals surface area contributed by atoms with Crippen molar-refractivity contribution in [3.63, 3.8) is 0 Å². The van der Waals surface area contributed by atoms with E-state index in [4.69, 9.17) is 0 Å². The summed E-state index contributed by atoms with van der Waals surface area (Å²) in [5.41, 5.74) is 1.36. The molecule has 0 atom stereocenters. The summed E-state index contributed by atoms with van der Waals surface area (Å²) < 4.78 is 1.62. The van der Waals surface area contributed by atoms with E-state index in [-0.39, 0.29) is 0 Å². The molecule has 2 fully saturated rings. The van der Waals surface area contributed by atoms with Gasteiger partial charge in [0.05, 0.1) is 0 Å². The van der Waals surface area contributed by atoms with E-state index in [0.29, 0.717) is 17.1 Å². The van der Waals surface area contributed by atoms with Crippen LogP contribution in [0.15, 0.2) is 0 Å². The van der Waals surface area contributed by atoms with E-state index < -0.39 is 79.4 Å². The monoisotopic (exact) mass is 828 g/mol. The molecule has 2 heterocycles. The first-order valence-electron chi connectivity index (χ1n) is 18.5. The van der Waals surface area contributed by atoms with E-state index in [9.17, 15) is 22.2 Å². The van der Waals surface area contributed by atoms with Crippen molar-refractivity contribution < 1.29 is 0 Å². The molecule has 0 unspecified atom stereocenters. The Bertz CT molecular complexity index is 886. The summed E-state index contributed by atoms with van der Waals surface area (Å²) >= 11 is 19.1. The lowest BCUT2D eigenvalue weighted by Crippen LogP contribution is -2.80. The molecular formula is C33H82Cl2Si10. The SMILES string of the molecule is C[Si](C)(C)C1([Si](C)(C)C)CCC([Si](C)(C)C)([Si](C)(C)C)[Si]1(Cl)C[Si]1(Cl)C([Si](C)(C)C)([Si](C)(C)C)CCC1([Si](C)(C)C)[Si](C)(C)C. The smallest absolute Gasteiger partial charge is 0.157 e. The quantitative estimate of drug-likeness (QED) is 0.152. The Labute approximate surface area is 304 Å². The van der Waals surface area contributed by atoms with Crippen LogP contribution in [0.4, 0.5) is 0 Å². The Hall–Kier alpha value is 2.75. The molecule has 2 rings (SSSR count). The van der Waals surface area contributed by atoms with Crippen LogP contribution in [0.3, 0.4) is 0 Å². The van der Waals surface area contributed by atoms with Gasteiger partial charge in [0, 0.05) is 64.6 Å². The third-order valence-corrected chi connectivity index (χ3v) is 104. The highest BCUT2D eigenvalue weighted by molar-refractivity contribution is 7.52. The van der Waals surface area contributed by atoms with Gasteiger partial charge >= 0.3 is 0 Å². The van der Waals surface area contributed by atoms with E-state index in [2.05, 4.69) is 157 Å². The van der Waals surface area contributed by atoms with E-state index in [1.165, 1.54) is 31.4 Å². The van der Waals surface area contributed by atoms with Gasteiger partial charge in [-0.1, -0.05) is 183 Å². The van der Waals surface area contributed by atoms with Gasteiger partial charge in [0.15, 0.2) is 14.8 Å². The molecule has 268 valence electrons. The molecule has 0 amide bonds. The topological polar surface area (TPSA) is 0 Å². The van der Waals surface area contributed by atoms with Gasteiger partial charge in [0.2, 0.25) is 0 Å². The van der Waals surface area contributed by atoms with E-state index in [0.717, 1.165) is 0 Å². The van der Waals surface area contributed by atoms with E-state index in [1.54, 1.807) is 0 Å². The lowest BCUT2D eigenvalue weighted by atomic mass is 10.4. The largest absolute Gasteiger partial charge is 0.167 e. The van der Waals surface area contributed by atoms with Gasteiger partial charge in [-0.05, 0) is 22.8 Å². The molecule has 0 aromatic heterocycles.